The average molecular weight is 786 g/mol. The number of carboxylic acid groups (broad SMARTS) is 1. The van der Waals surface area contributed by atoms with Crippen LogP contribution in [0.5, 0.6) is 11.5 Å². The van der Waals surface area contributed by atoms with E-state index in [1.54, 1.807) is 39.6 Å². The molecule has 17 nitrogen and oxygen atoms in total. The van der Waals surface area contributed by atoms with Gasteiger partial charge in [-0.2, -0.15) is 0 Å². The van der Waals surface area contributed by atoms with E-state index in [-0.39, 0.29) is 49.0 Å². The monoisotopic (exact) mass is 785 g/mol. The molecule has 302 valence electrons. The number of carboxylic acids is 1. The fourth-order valence-corrected chi connectivity index (χ4v) is 7.81. The van der Waals surface area contributed by atoms with E-state index in [1.807, 2.05) is 31.1 Å². The van der Waals surface area contributed by atoms with Crippen LogP contribution < -0.4 is 31.0 Å². The van der Waals surface area contributed by atoms with Crippen LogP contribution in [-0.4, -0.2) is 114 Å². The first-order valence-electron chi connectivity index (χ1n) is 18.7. The van der Waals surface area contributed by atoms with Gasteiger partial charge in [0.1, 0.15) is 17.5 Å². The number of amides is 6. The van der Waals surface area contributed by atoms with Gasteiger partial charge >= 0.3 is 12.0 Å². The van der Waals surface area contributed by atoms with Crippen molar-refractivity contribution < 1.29 is 43.3 Å². The summed E-state index contributed by atoms with van der Waals surface area (Å²) in [6.45, 7) is 1.31. The van der Waals surface area contributed by atoms with E-state index in [0.29, 0.717) is 66.2 Å². The van der Waals surface area contributed by atoms with Crippen LogP contribution >= 0.6 is 0 Å². The number of carbonyl (C=O) groups is 6. The molecule has 3 aliphatic heterocycles. The van der Waals surface area contributed by atoms with Crippen LogP contribution in [0.2, 0.25) is 0 Å². The molecule has 17 heteroatoms. The number of nitrogens with zero attached hydrogens (tertiary/aromatic N) is 4. The van der Waals surface area contributed by atoms with E-state index >= 15 is 0 Å². The van der Waals surface area contributed by atoms with Crippen molar-refractivity contribution in [3.63, 3.8) is 0 Å². The van der Waals surface area contributed by atoms with Crippen LogP contribution in [0.25, 0.3) is 11.1 Å². The van der Waals surface area contributed by atoms with Crippen molar-refractivity contribution in [3.8, 4) is 22.6 Å². The molecule has 0 aliphatic carbocycles. The number of nitrogens with one attached hydrogen (secondary N) is 3. The summed E-state index contributed by atoms with van der Waals surface area (Å²) in [5, 5.41) is 18.6. The molecule has 57 heavy (non-hydrogen) atoms. The van der Waals surface area contributed by atoms with Crippen LogP contribution in [0.4, 0.5) is 10.5 Å². The lowest BCUT2D eigenvalue weighted by atomic mass is 9.87. The number of anilines is 1. The Labute approximate surface area is 328 Å². The molecule has 2 unspecified atom stereocenters. The zero-order valence-electron chi connectivity index (χ0n) is 32.6. The predicted molar refractivity (Wildman–Crippen MR) is 207 cm³/mol. The maximum atomic E-state index is 13.6. The first kappa shape index (κ1) is 40.4. The molecule has 3 aliphatic rings. The van der Waals surface area contributed by atoms with Gasteiger partial charge in [-0.1, -0.05) is 6.07 Å². The van der Waals surface area contributed by atoms with Crippen molar-refractivity contribution in [1.29, 1.82) is 0 Å². The minimum atomic E-state index is -1.51. The third-order valence-electron chi connectivity index (χ3n) is 10.5. The van der Waals surface area contributed by atoms with E-state index < -0.39 is 53.3 Å². The van der Waals surface area contributed by atoms with E-state index in [2.05, 4.69) is 16.0 Å². The van der Waals surface area contributed by atoms with Crippen LogP contribution in [-0.2, 0) is 34.4 Å². The third kappa shape index (κ3) is 7.92. The lowest BCUT2D eigenvalue weighted by Crippen LogP contribution is -2.54. The van der Waals surface area contributed by atoms with Crippen LogP contribution in [0, 0.1) is 0 Å². The number of aromatic nitrogens is 1. The summed E-state index contributed by atoms with van der Waals surface area (Å²) in [7, 11) is 8.53. The second-order valence-electron chi connectivity index (χ2n) is 14.5. The largest absolute Gasteiger partial charge is 0.496 e. The first-order chi connectivity index (χ1) is 27.3. The third-order valence-corrected chi connectivity index (χ3v) is 10.5. The number of aryl methyl sites for hydroxylation is 1. The number of carbonyl (C=O) groups excluding carboxylic acids is 5. The normalized spacial score (nSPS) is 17.6. The van der Waals surface area contributed by atoms with Gasteiger partial charge in [-0.05, 0) is 81.6 Å². The Kier molecular flexibility index (Phi) is 12.0. The average Bonchev–Trinajstić information content (AvgIpc) is 3.43. The van der Waals surface area contributed by atoms with Gasteiger partial charge in [0.15, 0.2) is 6.04 Å². The lowest BCUT2D eigenvalue weighted by molar-refractivity contribution is -0.143. The molecule has 4 N–H and O–H groups in total. The van der Waals surface area contributed by atoms with E-state index in [9.17, 15) is 38.7 Å². The molecule has 6 amide bonds. The number of urea groups is 1. The number of hydrogen-bond acceptors (Lipinski definition) is 11. The molecule has 6 rings (SSSR count). The minimum Gasteiger partial charge on any atom is -0.496 e. The molecule has 0 saturated carbocycles. The molecular weight excluding hydrogens is 738 g/mol. The maximum absolute atomic E-state index is 13.6. The molecule has 1 aromatic heterocycles. The number of unbranched alkanes of at least 4 members (excludes halogenated alkanes) is 2. The summed E-state index contributed by atoms with van der Waals surface area (Å²) >= 11 is 0. The first-order valence-corrected chi connectivity index (χ1v) is 18.7. The highest BCUT2D eigenvalue weighted by Gasteiger charge is 2.46. The van der Waals surface area contributed by atoms with Gasteiger partial charge in [0.2, 0.25) is 11.8 Å². The standard InChI is InChI=1S/C40H47N7O10/c1-44(2)20-26-29(56-4)18-22(19-30(26)57-5)25-21-45(3)37(51)33-23(25)14-17-46(34(33)39(53)54)40(55)42-16-8-6-7-15-41-27-11-9-10-24-32(27)38(52)47(36(24)50)28-12-13-31(48)43-35(28)49/h9-11,18-19,21,28,34,41H,6-8,12-17,20H2,1-5H3,(H,42,55)(H,53,54)(H,43,48,49). The highest BCUT2D eigenvalue weighted by atomic mass is 16.5. The van der Waals surface area contributed by atoms with Crippen molar-refractivity contribution in [1.82, 2.24) is 29.9 Å². The molecular formula is C40H47N7O10. The van der Waals surface area contributed by atoms with Gasteiger partial charge in [0, 0.05) is 57.1 Å². The Balaban J connectivity index is 1.08. The number of imide groups is 2. The number of hydrogen-bond donors (Lipinski definition) is 4. The van der Waals surface area contributed by atoms with Crippen molar-refractivity contribution in [2.75, 3.05) is 53.3 Å². The number of fused-ring (bicyclic) bond motifs is 2. The molecule has 0 spiro atoms. The summed E-state index contributed by atoms with van der Waals surface area (Å²) in [4.78, 5) is 94.5. The zero-order valence-corrected chi connectivity index (χ0v) is 32.6. The number of aliphatic carboxylic acids is 1. The number of rotatable bonds is 14. The number of pyridine rings is 1. The van der Waals surface area contributed by atoms with Gasteiger partial charge in [-0.15, -0.1) is 0 Å². The number of benzene rings is 2. The molecule has 2 aromatic carbocycles. The Morgan fingerprint density at radius 1 is 0.947 bits per heavy atom. The van der Waals surface area contributed by atoms with E-state index in [0.717, 1.165) is 10.5 Å². The van der Waals surface area contributed by atoms with Crippen molar-refractivity contribution >= 4 is 41.3 Å². The molecule has 0 bridgehead atoms. The van der Waals surface area contributed by atoms with E-state index in [4.69, 9.17) is 9.47 Å². The van der Waals surface area contributed by atoms with Gasteiger partial charge in [0.25, 0.3) is 17.4 Å². The van der Waals surface area contributed by atoms with E-state index in [1.165, 1.54) is 15.5 Å². The molecule has 4 heterocycles. The molecule has 1 fully saturated rings. The Hall–Kier alpha value is -6.23. The van der Waals surface area contributed by atoms with Crippen molar-refractivity contribution in [2.45, 2.75) is 57.2 Å². The summed E-state index contributed by atoms with van der Waals surface area (Å²) in [6.07, 6.45) is 3.87. The minimum absolute atomic E-state index is 0.0260. The fraction of sp³-hybridized carbons (Fsp3) is 0.425. The molecule has 3 aromatic rings. The summed E-state index contributed by atoms with van der Waals surface area (Å²) in [5.74, 6) is -2.47. The van der Waals surface area contributed by atoms with Gasteiger partial charge < -0.3 is 39.6 Å². The Morgan fingerprint density at radius 2 is 1.65 bits per heavy atom. The number of ether oxygens (including phenoxy) is 2. The highest BCUT2D eigenvalue weighted by molar-refractivity contribution is 6.25. The number of piperidine rings is 1. The number of methoxy groups -OCH3 is 2. The van der Waals surface area contributed by atoms with Gasteiger partial charge in [-0.25, -0.2) is 9.59 Å². The van der Waals surface area contributed by atoms with Crippen molar-refractivity contribution in [2.24, 2.45) is 7.05 Å². The Morgan fingerprint density at radius 3 is 2.30 bits per heavy atom. The van der Waals surface area contributed by atoms with Crippen LogP contribution in [0.3, 0.4) is 0 Å². The molecule has 1 saturated heterocycles. The summed E-state index contributed by atoms with van der Waals surface area (Å²) < 4.78 is 12.8. The smallest absolute Gasteiger partial charge is 0.331 e. The summed E-state index contributed by atoms with van der Waals surface area (Å²) in [5.41, 5.74) is 3.03. The maximum Gasteiger partial charge on any atom is 0.331 e. The molecule has 2 atom stereocenters. The zero-order chi connectivity index (χ0) is 41.1. The second kappa shape index (κ2) is 16.9. The lowest BCUT2D eigenvalue weighted by Gasteiger charge is -2.35. The quantitative estimate of drug-likeness (QED) is 0.137. The Bertz CT molecular complexity index is 2170. The van der Waals surface area contributed by atoms with Gasteiger partial charge in [-0.3, -0.25) is 34.2 Å². The highest BCUT2D eigenvalue weighted by Crippen LogP contribution is 2.40. The van der Waals surface area contributed by atoms with Crippen LogP contribution in [0.15, 0.2) is 41.3 Å². The predicted octanol–water partition coefficient (Wildman–Crippen LogP) is 2.51. The summed E-state index contributed by atoms with van der Waals surface area (Å²) in [6, 6.07) is 5.37. The molecule has 0 radical (unpaired) electrons. The topological polar surface area (TPSA) is 209 Å². The SMILES string of the molecule is COc1cc(-c2cn(C)c(=O)c3c2CCN(C(=O)NCCCCCNc2cccc4c2C(=O)N(C2CCC(=O)NC2=O)C4=O)C3C(=O)O)cc(OC)c1CN(C)C. The second-order valence-corrected chi connectivity index (χ2v) is 14.5. The van der Waals surface area contributed by atoms with Gasteiger partial charge in [0.05, 0.1) is 36.5 Å². The van der Waals surface area contributed by atoms with Crippen LogP contribution in [0.1, 0.15) is 75.6 Å². The fourth-order valence-electron chi connectivity index (χ4n) is 7.81. The van der Waals surface area contributed by atoms with Crippen molar-refractivity contribution in [3.05, 3.63) is 74.7 Å².